The van der Waals surface area contributed by atoms with E-state index in [-0.39, 0.29) is 6.42 Å². The van der Waals surface area contributed by atoms with Crippen molar-refractivity contribution in [2.45, 2.75) is 11.7 Å². The molecule has 1 heterocycles. The number of rotatable bonds is 2. The molecule has 0 aromatic rings. The molecular formula is C6H8O4S. The fraction of sp³-hybridized carbons (Fsp3) is 0.667. The van der Waals surface area contributed by atoms with E-state index in [1.165, 1.54) is 11.8 Å². The molecule has 0 aromatic carbocycles. The Labute approximate surface area is 67.6 Å². The Bertz CT molecular complexity index is 171. The predicted octanol–water partition coefficient (Wildman–Crippen LogP) is 0.277. The van der Waals surface area contributed by atoms with Gasteiger partial charge in [0.2, 0.25) is 0 Å². The van der Waals surface area contributed by atoms with E-state index in [1.54, 1.807) is 0 Å². The number of carboxylic acids is 2. The molecule has 4 nitrogen and oxygen atoms in total. The summed E-state index contributed by atoms with van der Waals surface area (Å²) >= 11 is 1.21. The third-order valence-corrected chi connectivity index (χ3v) is 3.01. The van der Waals surface area contributed by atoms with E-state index in [9.17, 15) is 9.59 Å². The second-order valence-electron chi connectivity index (χ2n) is 2.43. The topological polar surface area (TPSA) is 74.6 Å². The second-order valence-corrected chi connectivity index (χ2v) is 3.67. The van der Waals surface area contributed by atoms with Crippen molar-refractivity contribution in [3.05, 3.63) is 0 Å². The molecule has 0 amide bonds. The summed E-state index contributed by atoms with van der Waals surface area (Å²) in [4.78, 5) is 20.7. The van der Waals surface area contributed by atoms with E-state index in [0.717, 1.165) is 0 Å². The van der Waals surface area contributed by atoms with Gasteiger partial charge in [0.25, 0.3) is 0 Å². The zero-order chi connectivity index (χ0) is 8.43. The van der Waals surface area contributed by atoms with E-state index in [4.69, 9.17) is 10.2 Å². The van der Waals surface area contributed by atoms with Gasteiger partial charge in [-0.15, -0.1) is 11.8 Å². The van der Waals surface area contributed by atoms with E-state index in [2.05, 4.69) is 0 Å². The van der Waals surface area contributed by atoms with Crippen LogP contribution < -0.4 is 0 Å². The van der Waals surface area contributed by atoms with Crippen LogP contribution in [0.5, 0.6) is 0 Å². The summed E-state index contributed by atoms with van der Waals surface area (Å²) < 4.78 is 0. The molecule has 1 aliphatic rings. The van der Waals surface area contributed by atoms with Crippen LogP contribution in [0.2, 0.25) is 0 Å². The molecule has 11 heavy (non-hydrogen) atoms. The molecular weight excluding hydrogens is 168 g/mol. The Balaban J connectivity index is 2.47. The second kappa shape index (κ2) is 3.13. The van der Waals surface area contributed by atoms with Crippen molar-refractivity contribution in [1.82, 2.24) is 0 Å². The van der Waals surface area contributed by atoms with Crippen molar-refractivity contribution in [3.63, 3.8) is 0 Å². The Kier molecular flexibility index (Phi) is 2.38. The summed E-state index contributed by atoms with van der Waals surface area (Å²) in [6, 6.07) is 0. The summed E-state index contributed by atoms with van der Waals surface area (Å²) in [5.41, 5.74) is 0. The smallest absolute Gasteiger partial charge is 0.316 e. The largest absolute Gasteiger partial charge is 0.481 e. The van der Waals surface area contributed by atoms with Crippen LogP contribution in [0.1, 0.15) is 6.42 Å². The lowest BCUT2D eigenvalue weighted by atomic mass is 10.1. The van der Waals surface area contributed by atoms with Gasteiger partial charge in [-0.3, -0.25) is 9.59 Å². The zero-order valence-corrected chi connectivity index (χ0v) is 6.50. The van der Waals surface area contributed by atoms with E-state index in [1.807, 2.05) is 0 Å². The minimum Gasteiger partial charge on any atom is -0.481 e. The highest BCUT2D eigenvalue weighted by molar-refractivity contribution is 8.00. The van der Waals surface area contributed by atoms with Gasteiger partial charge in [0.15, 0.2) is 0 Å². The Hall–Kier alpha value is -0.710. The Morgan fingerprint density at radius 1 is 1.27 bits per heavy atom. The van der Waals surface area contributed by atoms with E-state index >= 15 is 0 Å². The van der Waals surface area contributed by atoms with Gasteiger partial charge in [0, 0.05) is 5.75 Å². The molecule has 0 aliphatic carbocycles. The lowest BCUT2D eigenvalue weighted by Gasteiger charge is -2.00. The fourth-order valence-corrected chi connectivity index (χ4v) is 2.23. The summed E-state index contributed by atoms with van der Waals surface area (Å²) in [6.07, 6.45) is 0.259. The number of thioether (sulfide) groups is 1. The van der Waals surface area contributed by atoms with Crippen LogP contribution in [0, 0.1) is 5.92 Å². The predicted molar refractivity (Wildman–Crippen MR) is 39.6 cm³/mol. The number of aliphatic carboxylic acids is 2. The highest BCUT2D eigenvalue weighted by atomic mass is 32.2. The highest BCUT2D eigenvalue weighted by Gasteiger charge is 2.34. The molecule has 0 saturated carbocycles. The first kappa shape index (κ1) is 8.39. The molecule has 5 heteroatoms. The zero-order valence-electron chi connectivity index (χ0n) is 5.69. The molecule has 1 saturated heterocycles. The Morgan fingerprint density at radius 2 is 1.91 bits per heavy atom. The minimum absolute atomic E-state index is 0.259. The molecule has 62 valence electrons. The molecule has 1 fully saturated rings. The van der Waals surface area contributed by atoms with Crippen LogP contribution >= 0.6 is 11.8 Å². The molecule has 0 spiro atoms. The number of carboxylic acid groups (broad SMARTS) is 2. The summed E-state index contributed by atoms with van der Waals surface area (Å²) in [6.45, 7) is 0. The lowest BCUT2D eigenvalue weighted by Crippen LogP contribution is -2.17. The first-order valence-corrected chi connectivity index (χ1v) is 4.23. The summed E-state index contributed by atoms with van der Waals surface area (Å²) in [5, 5.41) is 16.5. The van der Waals surface area contributed by atoms with Crippen molar-refractivity contribution >= 4 is 23.7 Å². The number of hydrogen-bond donors (Lipinski definition) is 2. The van der Waals surface area contributed by atoms with Crippen LogP contribution in [-0.2, 0) is 9.59 Å². The van der Waals surface area contributed by atoms with Gasteiger partial charge in [0.1, 0.15) is 5.25 Å². The van der Waals surface area contributed by atoms with Crippen molar-refractivity contribution in [3.8, 4) is 0 Å². The molecule has 0 bridgehead atoms. The standard InChI is InChI=1S/C6H8O4S/c7-5(8)3-1-4(6(9)10)11-2-3/h3-4H,1-2H2,(H,7,8)(H,9,10)/t3-,4-/m0/s1. The third-order valence-electron chi connectivity index (χ3n) is 1.62. The van der Waals surface area contributed by atoms with Crippen molar-refractivity contribution < 1.29 is 19.8 Å². The monoisotopic (exact) mass is 176 g/mol. The van der Waals surface area contributed by atoms with Gasteiger partial charge < -0.3 is 10.2 Å². The summed E-state index contributed by atoms with van der Waals surface area (Å²) in [5.74, 6) is -1.84. The van der Waals surface area contributed by atoms with E-state index in [0.29, 0.717) is 5.75 Å². The van der Waals surface area contributed by atoms with Gasteiger partial charge in [0.05, 0.1) is 5.92 Å². The molecule has 0 aromatic heterocycles. The van der Waals surface area contributed by atoms with Crippen LogP contribution in [0.15, 0.2) is 0 Å². The molecule has 2 atom stereocenters. The fourth-order valence-electron chi connectivity index (χ4n) is 0.971. The first-order chi connectivity index (χ1) is 5.11. The first-order valence-electron chi connectivity index (χ1n) is 3.18. The van der Waals surface area contributed by atoms with Crippen molar-refractivity contribution in [1.29, 1.82) is 0 Å². The number of carbonyl (C=O) groups is 2. The minimum atomic E-state index is -0.904. The Morgan fingerprint density at radius 3 is 2.18 bits per heavy atom. The maximum atomic E-state index is 10.4. The molecule has 1 rings (SSSR count). The van der Waals surface area contributed by atoms with Gasteiger partial charge in [-0.25, -0.2) is 0 Å². The SMILES string of the molecule is O=C(O)[C@@H]1CS[C@H](C(=O)O)C1. The lowest BCUT2D eigenvalue weighted by molar-refractivity contribution is -0.141. The molecule has 2 N–H and O–H groups in total. The normalized spacial score (nSPS) is 30.2. The van der Waals surface area contributed by atoms with Gasteiger partial charge in [-0.2, -0.15) is 0 Å². The van der Waals surface area contributed by atoms with E-state index < -0.39 is 23.1 Å². The molecule has 0 unspecified atom stereocenters. The van der Waals surface area contributed by atoms with Crippen LogP contribution in [0.3, 0.4) is 0 Å². The van der Waals surface area contributed by atoms with Gasteiger partial charge >= 0.3 is 11.9 Å². The quantitative estimate of drug-likeness (QED) is 0.632. The maximum absolute atomic E-state index is 10.4. The average Bonchev–Trinajstić information content (AvgIpc) is 2.33. The van der Waals surface area contributed by atoms with Gasteiger partial charge in [-0.1, -0.05) is 0 Å². The highest BCUT2D eigenvalue weighted by Crippen LogP contribution is 2.31. The molecule has 1 aliphatic heterocycles. The van der Waals surface area contributed by atoms with Crippen LogP contribution in [0.25, 0.3) is 0 Å². The third kappa shape index (κ3) is 1.86. The number of hydrogen-bond acceptors (Lipinski definition) is 3. The van der Waals surface area contributed by atoms with Crippen LogP contribution in [0.4, 0.5) is 0 Å². The van der Waals surface area contributed by atoms with Crippen molar-refractivity contribution in [2.75, 3.05) is 5.75 Å². The van der Waals surface area contributed by atoms with Gasteiger partial charge in [-0.05, 0) is 6.42 Å². The maximum Gasteiger partial charge on any atom is 0.316 e. The molecule has 0 radical (unpaired) electrons. The summed E-state index contributed by atoms with van der Waals surface area (Å²) in [7, 11) is 0. The van der Waals surface area contributed by atoms with Crippen LogP contribution in [-0.4, -0.2) is 33.2 Å². The average molecular weight is 176 g/mol. The van der Waals surface area contributed by atoms with Crippen molar-refractivity contribution in [2.24, 2.45) is 5.92 Å².